The van der Waals surface area contributed by atoms with Crippen molar-refractivity contribution in [3.63, 3.8) is 0 Å². The number of hydrogen-bond donors (Lipinski definition) is 2. The first-order chi connectivity index (χ1) is 11.3. The summed E-state index contributed by atoms with van der Waals surface area (Å²) >= 11 is 0. The molecule has 2 amide bonds. The maximum Gasteiger partial charge on any atom is 0.573 e. The molecule has 0 radical (unpaired) electrons. The van der Waals surface area contributed by atoms with Crippen LogP contribution in [0.15, 0.2) is 48.5 Å². The molecule has 0 saturated carbocycles. The number of ether oxygens (including phenoxy) is 1. The van der Waals surface area contributed by atoms with Gasteiger partial charge in [0.2, 0.25) is 0 Å². The van der Waals surface area contributed by atoms with Gasteiger partial charge in [0.15, 0.2) is 0 Å². The van der Waals surface area contributed by atoms with Crippen molar-refractivity contribution in [3.05, 3.63) is 59.7 Å². The minimum absolute atomic E-state index is 0.148. The van der Waals surface area contributed by atoms with Gasteiger partial charge in [0.25, 0.3) is 11.8 Å². The summed E-state index contributed by atoms with van der Waals surface area (Å²) in [7, 11) is 1.48. The fourth-order valence-corrected chi connectivity index (χ4v) is 1.89. The number of amides is 2. The second-order valence-corrected chi connectivity index (χ2v) is 4.69. The molecule has 0 fully saturated rings. The number of rotatable bonds is 4. The highest BCUT2D eigenvalue weighted by Gasteiger charge is 2.31. The first kappa shape index (κ1) is 17.3. The Morgan fingerprint density at radius 2 is 1.62 bits per heavy atom. The van der Waals surface area contributed by atoms with Gasteiger partial charge < -0.3 is 15.4 Å². The van der Waals surface area contributed by atoms with Crippen molar-refractivity contribution in [2.75, 3.05) is 12.4 Å². The lowest BCUT2D eigenvalue weighted by atomic mass is 10.1. The van der Waals surface area contributed by atoms with Crippen molar-refractivity contribution in [1.82, 2.24) is 5.32 Å². The fourth-order valence-electron chi connectivity index (χ4n) is 1.89. The summed E-state index contributed by atoms with van der Waals surface area (Å²) in [5.74, 6) is -1.25. The van der Waals surface area contributed by atoms with E-state index in [0.29, 0.717) is 11.3 Å². The molecule has 0 aliphatic rings. The van der Waals surface area contributed by atoms with E-state index in [1.54, 1.807) is 18.2 Å². The summed E-state index contributed by atoms with van der Waals surface area (Å²) in [5.41, 5.74) is 0.899. The van der Waals surface area contributed by atoms with Gasteiger partial charge in [-0.2, -0.15) is 0 Å². The zero-order valence-electron chi connectivity index (χ0n) is 12.5. The van der Waals surface area contributed by atoms with Crippen LogP contribution in [0.4, 0.5) is 18.9 Å². The van der Waals surface area contributed by atoms with Gasteiger partial charge in [0.1, 0.15) is 5.75 Å². The fraction of sp³-hybridized carbons (Fsp3) is 0.125. The van der Waals surface area contributed by atoms with Crippen LogP contribution in [-0.2, 0) is 0 Å². The first-order valence-electron chi connectivity index (χ1n) is 6.78. The summed E-state index contributed by atoms with van der Waals surface area (Å²) in [6, 6.07) is 10.8. The van der Waals surface area contributed by atoms with Gasteiger partial charge in [-0.25, -0.2) is 0 Å². The second-order valence-electron chi connectivity index (χ2n) is 4.69. The Kier molecular flexibility index (Phi) is 5.08. The Bertz CT molecular complexity index is 743. The van der Waals surface area contributed by atoms with Gasteiger partial charge in [0.05, 0.1) is 0 Å². The number of carbonyl (C=O) groups excluding carboxylic acids is 2. The van der Waals surface area contributed by atoms with Gasteiger partial charge in [0, 0.05) is 23.9 Å². The van der Waals surface area contributed by atoms with Crippen molar-refractivity contribution in [2.45, 2.75) is 6.36 Å². The molecule has 2 N–H and O–H groups in total. The molecule has 0 aromatic heterocycles. The monoisotopic (exact) mass is 338 g/mol. The van der Waals surface area contributed by atoms with Crippen LogP contribution in [-0.4, -0.2) is 25.2 Å². The molecular formula is C16H13F3N2O3. The average molecular weight is 338 g/mol. The Morgan fingerprint density at radius 1 is 0.958 bits per heavy atom. The summed E-state index contributed by atoms with van der Waals surface area (Å²) in [6.07, 6.45) is -4.79. The van der Waals surface area contributed by atoms with Gasteiger partial charge in [-0.05, 0) is 42.5 Å². The Balaban J connectivity index is 2.08. The van der Waals surface area contributed by atoms with Crippen LogP contribution in [0.2, 0.25) is 0 Å². The SMILES string of the molecule is CNC(=O)c1cccc(NC(=O)c2ccc(OC(F)(F)F)cc2)c1. The summed E-state index contributed by atoms with van der Waals surface area (Å²) in [5, 5.41) is 5.02. The molecule has 0 bridgehead atoms. The molecule has 0 heterocycles. The Morgan fingerprint density at radius 3 is 2.21 bits per heavy atom. The predicted molar refractivity (Wildman–Crippen MR) is 80.9 cm³/mol. The largest absolute Gasteiger partial charge is 0.573 e. The second kappa shape index (κ2) is 7.03. The van der Waals surface area contributed by atoms with E-state index in [2.05, 4.69) is 15.4 Å². The number of alkyl halides is 3. The van der Waals surface area contributed by atoms with E-state index in [9.17, 15) is 22.8 Å². The van der Waals surface area contributed by atoms with Crippen LogP contribution in [0.3, 0.4) is 0 Å². The highest BCUT2D eigenvalue weighted by molar-refractivity contribution is 6.05. The summed E-state index contributed by atoms with van der Waals surface area (Å²) < 4.78 is 40.0. The van der Waals surface area contributed by atoms with E-state index in [4.69, 9.17) is 0 Å². The van der Waals surface area contributed by atoms with Gasteiger partial charge in [-0.3, -0.25) is 9.59 Å². The van der Waals surface area contributed by atoms with E-state index in [1.165, 1.54) is 25.2 Å². The molecular weight excluding hydrogens is 325 g/mol. The minimum Gasteiger partial charge on any atom is -0.406 e. The number of carbonyl (C=O) groups is 2. The van der Waals surface area contributed by atoms with Crippen LogP contribution in [0.1, 0.15) is 20.7 Å². The molecule has 126 valence electrons. The van der Waals surface area contributed by atoms with Crippen LogP contribution in [0.5, 0.6) is 5.75 Å². The van der Waals surface area contributed by atoms with E-state index in [-0.39, 0.29) is 11.5 Å². The number of anilines is 1. The molecule has 8 heteroatoms. The quantitative estimate of drug-likeness (QED) is 0.900. The standard InChI is InChI=1S/C16H13F3N2O3/c1-20-14(22)11-3-2-4-12(9-11)21-15(23)10-5-7-13(8-6-10)24-16(17,18)19/h2-9H,1H3,(H,20,22)(H,21,23). The first-order valence-corrected chi connectivity index (χ1v) is 6.78. The van der Waals surface area contributed by atoms with Crippen LogP contribution in [0.25, 0.3) is 0 Å². The molecule has 0 unspecified atom stereocenters. The molecule has 2 rings (SSSR count). The van der Waals surface area contributed by atoms with Gasteiger partial charge >= 0.3 is 6.36 Å². The molecule has 0 aliphatic carbocycles. The molecule has 2 aromatic rings. The topological polar surface area (TPSA) is 67.4 Å². The lowest BCUT2D eigenvalue weighted by Gasteiger charge is -2.10. The number of hydrogen-bond acceptors (Lipinski definition) is 3. The van der Waals surface area contributed by atoms with Crippen LogP contribution < -0.4 is 15.4 Å². The van der Waals surface area contributed by atoms with E-state index in [1.807, 2.05) is 0 Å². The number of nitrogens with one attached hydrogen (secondary N) is 2. The van der Waals surface area contributed by atoms with Gasteiger partial charge in [-0.15, -0.1) is 13.2 Å². The third-order valence-electron chi connectivity index (χ3n) is 2.96. The third-order valence-corrected chi connectivity index (χ3v) is 2.96. The third kappa shape index (κ3) is 4.73. The number of halogens is 3. The van der Waals surface area contributed by atoms with E-state index in [0.717, 1.165) is 12.1 Å². The predicted octanol–water partition coefficient (Wildman–Crippen LogP) is 3.20. The summed E-state index contributed by atoms with van der Waals surface area (Å²) in [4.78, 5) is 23.6. The molecule has 5 nitrogen and oxygen atoms in total. The Labute approximate surface area is 135 Å². The molecule has 0 saturated heterocycles. The molecule has 0 spiro atoms. The van der Waals surface area contributed by atoms with E-state index >= 15 is 0 Å². The van der Waals surface area contributed by atoms with E-state index < -0.39 is 18.0 Å². The van der Waals surface area contributed by atoms with Crippen molar-refractivity contribution >= 4 is 17.5 Å². The minimum atomic E-state index is -4.79. The zero-order valence-corrected chi connectivity index (χ0v) is 12.5. The molecule has 0 atom stereocenters. The lowest BCUT2D eigenvalue weighted by molar-refractivity contribution is -0.274. The van der Waals surface area contributed by atoms with Crippen molar-refractivity contribution in [1.29, 1.82) is 0 Å². The average Bonchev–Trinajstić information content (AvgIpc) is 2.53. The van der Waals surface area contributed by atoms with Crippen molar-refractivity contribution < 1.29 is 27.5 Å². The smallest absolute Gasteiger partial charge is 0.406 e. The number of benzene rings is 2. The maximum absolute atomic E-state index is 12.1. The lowest BCUT2D eigenvalue weighted by Crippen LogP contribution is -2.18. The highest BCUT2D eigenvalue weighted by Crippen LogP contribution is 2.23. The van der Waals surface area contributed by atoms with Crippen LogP contribution in [0, 0.1) is 0 Å². The Hall–Kier alpha value is -3.03. The zero-order chi connectivity index (χ0) is 17.7. The normalized spacial score (nSPS) is 10.8. The molecule has 0 aliphatic heterocycles. The highest BCUT2D eigenvalue weighted by atomic mass is 19.4. The maximum atomic E-state index is 12.1. The van der Waals surface area contributed by atoms with Crippen molar-refractivity contribution in [2.24, 2.45) is 0 Å². The molecule has 2 aromatic carbocycles. The van der Waals surface area contributed by atoms with Crippen molar-refractivity contribution in [3.8, 4) is 5.75 Å². The molecule has 24 heavy (non-hydrogen) atoms. The summed E-state index contributed by atoms with van der Waals surface area (Å²) in [6.45, 7) is 0. The van der Waals surface area contributed by atoms with Gasteiger partial charge in [-0.1, -0.05) is 6.07 Å². The van der Waals surface area contributed by atoms with Crippen LogP contribution >= 0.6 is 0 Å².